The average molecular weight is 299 g/mol. The summed E-state index contributed by atoms with van der Waals surface area (Å²) in [6, 6.07) is 13.4. The molecule has 2 aromatic carbocycles. The van der Waals surface area contributed by atoms with Gasteiger partial charge in [-0.2, -0.15) is 0 Å². The second-order valence-electron chi connectivity index (χ2n) is 4.65. The molecular formula is C17H17NO4. The van der Waals surface area contributed by atoms with Gasteiger partial charge in [0.05, 0.1) is 12.2 Å². The quantitative estimate of drug-likeness (QED) is 0.860. The summed E-state index contributed by atoms with van der Waals surface area (Å²) in [5.74, 6) is -0.520. The number of benzene rings is 2. The van der Waals surface area contributed by atoms with Crippen LogP contribution >= 0.6 is 0 Å². The fraction of sp³-hybridized carbons (Fsp3) is 0.176. The van der Waals surface area contributed by atoms with Crippen molar-refractivity contribution in [3.05, 3.63) is 65.2 Å². The minimum Gasteiger partial charge on any atom is -0.494 e. The molecule has 114 valence electrons. The van der Waals surface area contributed by atoms with Crippen LogP contribution in [0.1, 0.15) is 33.2 Å². The molecule has 5 heteroatoms. The molecule has 0 aromatic heterocycles. The van der Waals surface area contributed by atoms with Crippen LogP contribution in [0.4, 0.5) is 0 Å². The van der Waals surface area contributed by atoms with Gasteiger partial charge in [0.15, 0.2) is 0 Å². The third kappa shape index (κ3) is 4.09. The minimum atomic E-state index is -0.969. The van der Waals surface area contributed by atoms with Gasteiger partial charge in [-0.1, -0.05) is 18.2 Å². The van der Waals surface area contributed by atoms with E-state index in [1.54, 1.807) is 36.4 Å². The number of carbonyl (C=O) groups is 2. The summed E-state index contributed by atoms with van der Waals surface area (Å²) in [4.78, 5) is 22.9. The fourth-order valence-corrected chi connectivity index (χ4v) is 1.94. The van der Waals surface area contributed by atoms with Crippen LogP contribution in [-0.2, 0) is 6.54 Å². The van der Waals surface area contributed by atoms with Gasteiger partial charge >= 0.3 is 5.97 Å². The molecule has 0 unspecified atom stereocenters. The first-order chi connectivity index (χ1) is 10.6. The van der Waals surface area contributed by atoms with E-state index in [4.69, 9.17) is 9.84 Å². The third-order valence-electron chi connectivity index (χ3n) is 3.06. The Labute approximate surface area is 128 Å². The monoisotopic (exact) mass is 299 g/mol. The second kappa shape index (κ2) is 7.26. The number of rotatable bonds is 6. The van der Waals surface area contributed by atoms with E-state index >= 15 is 0 Å². The maximum Gasteiger partial charge on any atom is 0.335 e. The summed E-state index contributed by atoms with van der Waals surface area (Å²) in [5, 5.41) is 11.6. The van der Waals surface area contributed by atoms with Crippen LogP contribution in [0.3, 0.4) is 0 Å². The number of aromatic carboxylic acids is 1. The normalized spacial score (nSPS) is 10.0. The SMILES string of the molecule is CCOc1cccc(C(=O)NCc2ccc(C(=O)O)cc2)c1. The number of hydrogen-bond acceptors (Lipinski definition) is 3. The summed E-state index contributed by atoms with van der Waals surface area (Å²) in [7, 11) is 0. The van der Waals surface area contributed by atoms with Crippen molar-refractivity contribution in [1.82, 2.24) is 5.32 Å². The van der Waals surface area contributed by atoms with Crippen molar-refractivity contribution in [1.29, 1.82) is 0 Å². The molecule has 0 heterocycles. The molecule has 2 aromatic rings. The van der Waals surface area contributed by atoms with E-state index in [1.165, 1.54) is 12.1 Å². The van der Waals surface area contributed by atoms with Crippen molar-refractivity contribution >= 4 is 11.9 Å². The summed E-state index contributed by atoms with van der Waals surface area (Å²) in [5.41, 5.74) is 1.58. The van der Waals surface area contributed by atoms with Crippen molar-refractivity contribution in [2.24, 2.45) is 0 Å². The first kappa shape index (κ1) is 15.6. The molecule has 0 saturated heterocycles. The molecule has 0 spiro atoms. The summed E-state index contributed by atoms with van der Waals surface area (Å²) >= 11 is 0. The average Bonchev–Trinajstić information content (AvgIpc) is 2.53. The van der Waals surface area contributed by atoms with Gasteiger partial charge in [0.1, 0.15) is 5.75 Å². The number of amides is 1. The Balaban J connectivity index is 1.97. The lowest BCUT2D eigenvalue weighted by molar-refractivity contribution is 0.0696. The highest BCUT2D eigenvalue weighted by atomic mass is 16.5. The molecule has 5 nitrogen and oxygen atoms in total. The van der Waals surface area contributed by atoms with Crippen LogP contribution < -0.4 is 10.1 Å². The zero-order valence-corrected chi connectivity index (χ0v) is 12.2. The Morgan fingerprint density at radius 3 is 2.45 bits per heavy atom. The molecule has 2 rings (SSSR count). The van der Waals surface area contributed by atoms with E-state index in [1.807, 2.05) is 6.92 Å². The molecule has 0 saturated carbocycles. The standard InChI is InChI=1S/C17H17NO4/c1-2-22-15-5-3-4-14(10-15)16(19)18-11-12-6-8-13(9-7-12)17(20)21/h3-10H,2,11H2,1H3,(H,18,19)(H,20,21). The molecule has 0 aliphatic rings. The predicted molar refractivity (Wildman–Crippen MR) is 82.2 cm³/mol. The largest absolute Gasteiger partial charge is 0.494 e. The van der Waals surface area contributed by atoms with Crippen LogP contribution in [0.15, 0.2) is 48.5 Å². The number of nitrogens with one attached hydrogen (secondary N) is 1. The van der Waals surface area contributed by atoms with Gasteiger partial charge < -0.3 is 15.2 Å². The van der Waals surface area contributed by atoms with Gasteiger partial charge in [-0.3, -0.25) is 4.79 Å². The van der Waals surface area contributed by atoms with E-state index in [0.717, 1.165) is 5.56 Å². The molecule has 0 fully saturated rings. The van der Waals surface area contributed by atoms with E-state index in [-0.39, 0.29) is 11.5 Å². The van der Waals surface area contributed by atoms with Gasteiger partial charge in [-0.05, 0) is 42.8 Å². The molecule has 0 bridgehead atoms. The molecule has 22 heavy (non-hydrogen) atoms. The summed E-state index contributed by atoms with van der Waals surface area (Å²) < 4.78 is 5.36. The molecule has 0 aliphatic heterocycles. The lowest BCUT2D eigenvalue weighted by Gasteiger charge is -2.08. The summed E-state index contributed by atoms with van der Waals surface area (Å²) in [6.45, 7) is 2.76. The Morgan fingerprint density at radius 2 is 1.82 bits per heavy atom. The highest BCUT2D eigenvalue weighted by Crippen LogP contribution is 2.13. The van der Waals surface area contributed by atoms with Crippen LogP contribution in [0.5, 0.6) is 5.75 Å². The first-order valence-corrected chi connectivity index (χ1v) is 6.93. The van der Waals surface area contributed by atoms with Crippen molar-refractivity contribution in [3.63, 3.8) is 0 Å². The zero-order valence-electron chi connectivity index (χ0n) is 12.2. The minimum absolute atomic E-state index is 0.205. The highest BCUT2D eigenvalue weighted by Gasteiger charge is 2.07. The maximum atomic E-state index is 12.1. The van der Waals surface area contributed by atoms with Crippen molar-refractivity contribution in [2.75, 3.05) is 6.61 Å². The van der Waals surface area contributed by atoms with Crippen LogP contribution in [0.2, 0.25) is 0 Å². The molecule has 1 amide bonds. The zero-order chi connectivity index (χ0) is 15.9. The number of ether oxygens (including phenoxy) is 1. The fourth-order valence-electron chi connectivity index (χ4n) is 1.94. The topological polar surface area (TPSA) is 75.6 Å². The smallest absolute Gasteiger partial charge is 0.335 e. The lowest BCUT2D eigenvalue weighted by atomic mass is 10.1. The van der Waals surface area contributed by atoms with Crippen molar-refractivity contribution < 1.29 is 19.4 Å². The Morgan fingerprint density at radius 1 is 1.09 bits per heavy atom. The van der Waals surface area contributed by atoms with Crippen LogP contribution in [-0.4, -0.2) is 23.6 Å². The predicted octanol–water partition coefficient (Wildman–Crippen LogP) is 2.71. The van der Waals surface area contributed by atoms with Gasteiger partial charge in [0, 0.05) is 12.1 Å². The van der Waals surface area contributed by atoms with E-state index in [9.17, 15) is 9.59 Å². The molecule has 0 radical (unpaired) electrons. The van der Waals surface area contributed by atoms with E-state index < -0.39 is 5.97 Å². The van der Waals surface area contributed by atoms with Crippen molar-refractivity contribution in [3.8, 4) is 5.75 Å². The van der Waals surface area contributed by atoms with Crippen molar-refractivity contribution in [2.45, 2.75) is 13.5 Å². The van der Waals surface area contributed by atoms with E-state index in [0.29, 0.717) is 24.5 Å². The maximum absolute atomic E-state index is 12.1. The van der Waals surface area contributed by atoms with Crippen LogP contribution in [0.25, 0.3) is 0 Å². The Hall–Kier alpha value is -2.82. The molecule has 0 aliphatic carbocycles. The van der Waals surface area contributed by atoms with Crippen LogP contribution in [0, 0.1) is 0 Å². The molecular weight excluding hydrogens is 282 g/mol. The number of hydrogen-bond donors (Lipinski definition) is 2. The number of carboxylic acids is 1. The van der Waals surface area contributed by atoms with Gasteiger partial charge in [-0.15, -0.1) is 0 Å². The van der Waals surface area contributed by atoms with Gasteiger partial charge in [0.25, 0.3) is 5.91 Å². The molecule has 0 atom stereocenters. The number of carbonyl (C=O) groups excluding carboxylic acids is 1. The lowest BCUT2D eigenvalue weighted by Crippen LogP contribution is -2.22. The highest BCUT2D eigenvalue weighted by molar-refractivity contribution is 5.94. The Kier molecular flexibility index (Phi) is 5.14. The third-order valence-corrected chi connectivity index (χ3v) is 3.06. The number of carboxylic acid groups (broad SMARTS) is 1. The van der Waals surface area contributed by atoms with Gasteiger partial charge in [0.2, 0.25) is 0 Å². The first-order valence-electron chi connectivity index (χ1n) is 6.93. The molecule has 2 N–H and O–H groups in total. The van der Waals surface area contributed by atoms with E-state index in [2.05, 4.69) is 5.32 Å². The Bertz CT molecular complexity index is 665. The second-order valence-corrected chi connectivity index (χ2v) is 4.65. The summed E-state index contributed by atoms with van der Waals surface area (Å²) in [6.07, 6.45) is 0. The van der Waals surface area contributed by atoms with Gasteiger partial charge in [-0.25, -0.2) is 4.79 Å².